The topological polar surface area (TPSA) is 50.7 Å². The number of amidine groups is 1. The number of benzene rings is 1. The van der Waals surface area contributed by atoms with Gasteiger partial charge in [-0.05, 0) is 23.8 Å². The number of amides is 1. The lowest BCUT2D eigenvalue weighted by atomic mass is 10.2. The molecule has 0 bridgehead atoms. The van der Waals surface area contributed by atoms with Gasteiger partial charge in [-0.1, -0.05) is 23.9 Å². The second kappa shape index (κ2) is 7.04. The molecule has 7 heteroatoms. The van der Waals surface area contributed by atoms with Gasteiger partial charge < -0.3 is 10.1 Å². The van der Waals surface area contributed by atoms with Crippen LogP contribution in [0.25, 0.3) is 6.08 Å². The van der Waals surface area contributed by atoms with Crippen molar-refractivity contribution in [1.29, 1.82) is 0 Å². The largest absolute Gasteiger partial charge is 0.435 e. The Balaban J connectivity index is 1.88. The van der Waals surface area contributed by atoms with Crippen LogP contribution in [-0.2, 0) is 4.79 Å². The Labute approximate surface area is 118 Å². The molecule has 1 amide bonds. The maximum absolute atomic E-state index is 12.0. The van der Waals surface area contributed by atoms with Crippen LogP contribution in [0.15, 0.2) is 35.3 Å². The molecular formula is C13H12F2N2O2S. The number of hydrogen-bond acceptors (Lipinski definition) is 4. The van der Waals surface area contributed by atoms with Crippen LogP contribution in [0.4, 0.5) is 8.78 Å². The summed E-state index contributed by atoms with van der Waals surface area (Å²) >= 11 is 1.50. The first-order valence-electron chi connectivity index (χ1n) is 5.85. The van der Waals surface area contributed by atoms with Crippen molar-refractivity contribution in [2.24, 2.45) is 4.99 Å². The molecule has 1 aromatic rings. The summed E-state index contributed by atoms with van der Waals surface area (Å²) in [6, 6.07) is 6.01. The van der Waals surface area contributed by atoms with Gasteiger partial charge in [-0.2, -0.15) is 8.78 Å². The first kappa shape index (κ1) is 14.5. The van der Waals surface area contributed by atoms with Gasteiger partial charge in [-0.25, -0.2) is 0 Å². The number of rotatable bonds is 4. The predicted molar refractivity (Wildman–Crippen MR) is 75.0 cm³/mol. The highest BCUT2D eigenvalue weighted by atomic mass is 32.2. The number of nitrogens with zero attached hydrogens (tertiary/aromatic N) is 1. The quantitative estimate of drug-likeness (QED) is 0.869. The molecule has 0 radical (unpaired) electrons. The van der Waals surface area contributed by atoms with Crippen molar-refractivity contribution < 1.29 is 18.3 Å². The second-order valence-corrected chi connectivity index (χ2v) is 4.89. The Morgan fingerprint density at radius 3 is 2.75 bits per heavy atom. The van der Waals surface area contributed by atoms with Crippen LogP contribution < -0.4 is 10.1 Å². The van der Waals surface area contributed by atoms with Crippen LogP contribution in [0, 0.1) is 0 Å². The molecule has 1 aromatic carbocycles. The Bertz CT molecular complexity index is 530. The predicted octanol–water partition coefficient (Wildman–Crippen LogP) is 2.52. The minimum absolute atomic E-state index is 0.0818. The molecule has 0 atom stereocenters. The van der Waals surface area contributed by atoms with Gasteiger partial charge in [0.25, 0.3) is 0 Å². The Hall–Kier alpha value is -1.89. The highest BCUT2D eigenvalue weighted by Crippen LogP contribution is 2.15. The van der Waals surface area contributed by atoms with Crippen molar-refractivity contribution in [2.45, 2.75) is 6.61 Å². The molecule has 1 heterocycles. The average Bonchev–Trinajstić information content (AvgIpc) is 2.90. The fraction of sp³-hybridized carbons (Fsp3) is 0.231. The molecule has 0 saturated heterocycles. The summed E-state index contributed by atoms with van der Waals surface area (Å²) < 4.78 is 28.2. The second-order valence-electron chi connectivity index (χ2n) is 3.81. The highest BCUT2D eigenvalue weighted by molar-refractivity contribution is 8.14. The third-order valence-corrected chi connectivity index (χ3v) is 3.24. The zero-order chi connectivity index (χ0) is 14.4. The van der Waals surface area contributed by atoms with E-state index in [-0.39, 0.29) is 11.7 Å². The molecule has 4 nitrogen and oxygen atoms in total. The molecule has 0 unspecified atom stereocenters. The molecule has 0 aliphatic carbocycles. The average molecular weight is 298 g/mol. The van der Waals surface area contributed by atoms with E-state index < -0.39 is 6.61 Å². The van der Waals surface area contributed by atoms with Gasteiger partial charge in [0.1, 0.15) is 5.75 Å². The normalized spacial score (nSPS) is 14.7. The van der Waals surface area contributed by atoms with E-state index in [1.54, 1.807) is 18.2 Å². The number of ether oxygens (including phenoxy) is 1. The van der Waals surface area contributed by atoms with E-state index in [0.29, 0.717) is 10.7 Å². The molecule has 1 aliphatic rings. The van der Waals surface area contributed by atoms with Gasteiger partial charge in [-0.3, -0.25) is 9.79 Å². The van der Waals surface area contributed by atoms with Crippen LogP contribution >= 0.6 is 11.8 Å². The van der Waals surface area contributed by atoms with Crippen molar-refractivity contribution in [2.75, 3.05) is 12.3 Å². The minimum atomic E-state index is -2.84. The van der Waals surface area contributed by atoms with Gasteiger partial charge in [0.05, 0.1) is 6.54 Å². The maximum Gasteiger partial charge on any atom is 0.387 e. The van der Waals surface area contributed by atoms with E-state index in [9.17, 15) is 13.6 Å². The first-order chi connectivity index (χ1) is 9.63. The fourth-order valence-corrected chi connectivity index (χ4v) is 2.22. The number of hydrogen-bond donors (Lipinski definition) is 1. The molecule has 1 N–H and O–H groups in total. The number of halogens is 2. The summed E-state index contributed by atoms with van der Waals surface area (Å²) in [5, 5.41) is 3.28. The van der Waals surface area contributed by atoms with Gasteiger partial charge >= 0.3 is 6.61 Å². The standard InChI is InChI=1S/C13H12F2N2O2S/c14-12(15)19-10-4-1-9(2-5-10)3-6-11(18)17-13-16-7-8-20-13/h1-6,12H,7-8H2,(H,16,17,18)/b6-3+. The molecule has 2 rings (SSSR count). The highest BCUT2D eigenvalue weighted by Gasteiger charge is 2.08. The lowest BCUT2D eigenvalue weighted by Crippen LogP contribution is -2.25. The Morgan fingerprint density at radius 2 is 2.15 bits per heavy atom. The molecule has 1 aliphatic heterocycles. The van der Waals surface area contributed by atoms with E-state index in [1.807, 2.05) is 0 Å². The fourth-order valence-electron chi connectivity index (χ4n) is 1.49. The van der Waals surface area contributed by atoms with Gasteiger partial charge in [0.2, 0.25) is 5.91 Å². The van der Waals surface area contributed by atoms with Gasteiger partial charge in [0, 0.05) is 11.8 Å². The first-order valence-corrected chi connectivity index (χ1v) is 6.83. The molecular weight excluding hydrogens is 286 g/mol. The third kappa shape index (κ3) is 4.65. The van der Waals surface area contributed by atoms with E-state index in [1.165, 1.54) is 30.0 Å². The van der Waals surface area contributed by atoms with Gasteiger partial charge in [0.15, 0.2) is 5.17 Å². The van der Waals surface area contributed by atoms with Crippen LogP contribution in [-0.4, -0.2) is 30.0 Å². The van der Waals surface area contributed by atoms with Gasteiger partial charge in [-0.15, -0.1) is 0 Å². The van der Waals surface area contributed by atoms with E-state index >= 15 is 0 Å². The molecule has 0 spiro atoms. The van der Waals surface area contributed by atoms with Crippen molar-refractivity contribution in [1.82, 2.24) is 5.32 Å². The molecule has 106 valence electrons. The summed E-state index contributed by atoms with van der Waals surface area (Å²) in [4.78, 5) is 15.7. The number of alkyl halides is 2. The number of thioether (sulfide) groups is 1. The Morgan fingerprint density at radius 1 is 1.40 bits per heavy atom. The van der Waals surface area contributed by atoms with E-state index in [2.05, 4.69) is 15.0 Å². The molecule has 0 saturated carbocycles. The lowest BCUT2D eigenvalue weighted by Gasteiger charge is -2.03. The minimum Gasteiger partial charge on any atom is -0.435 e. The van der Waals surface area contributed by atoms with E-state index in [0.717, 1.165) is 12.3 Å². The number of nitrogens with one attached hydrogen (secondary N) is 1. The van der Waals surface area contributed by atoms with E-state index in [4.69, 9.17) is 0 Å². The zero-order valence-corrected chi connectivity index (χ0v) is 11.2. The van der Waals surface area contributed by atoms with Crippen molar-refractivity contribution in [3.63, 3.8) is 0 Å². The smallest absolute Gasteiger partial charge is 0.387 e. The van der Waals surface area contributed by atoms with Crippen LogP contribution in [0.1, 0.15) is 5.56 Å². The molecule has 20 heavy (non-hydrogen) atoms. The van der Waals surface area contributed by atoms with Crippen LogP contribution in [0.3, 0.4) is 0 Å². The number of carbonyl (C=O) groups excluding carboxylic acids is 1. The monoisotopic (exact) mass is 298 g/mol. The summed E-state index contributed by atoms with van der Waals surface area (Å²) in [7, 11) is 0. The SMILES string of the molecule is O=C(/C=C/c1ccc(OC(F)F)cc1)NC1=NCCS1. The van der Waals surface area contributed by atoms with Crippen LogP contribution in [0.5, 0.6) is 5.75 Å². The number of aliphatic imine (C=N–C) groups is 1. The summed E-state index contributed by atoms with van der Waals surface area (Å²) in [5.41, 5.74) is 0.711. The van der Waals surface area contributed by atoms with Crippen molar-refractivity contribution >= 4 is 28.9 Å². The van der Waals surface area contributed by atoms with Crippen LogP contribution in [0.2, 0.25) is 0 Å². The van der Waals surface area contributed by atoms with Crippen molar-refractivity contribution in [3.05, 3.63) is 35.9 Å². The molecule has 0 fully saturated rings. The Kier molecular flexibility index (Phi) is 5.11. The van der Waals surface area contributed by atoms with Crippen molar-refractivity contribution in [3.8, 4) is 5.75 Å². The summed E-state index contributed by atoms with van der Waals surface area (Å²) in [6.45, 7) is -2.12. The lowest BCUT2D eigenvalue weighted by molar-refractivity contribution is -0.115. The zero-order valence-electron chi connectivity index (χ0n) is 10.4. The number of carbonyl (C=O) groups is 1. The summed E-state index contributed by atoms with van der Waals surface area (Å²) in [5.74, 6) is 0.689. The molecule has 0 aromatic heterocycles. The summed E-state index contributed by atoms with van der Waals surface area (Å²) in [6.07, 6.45) is 2.95. The maximum atomic E-state index is 12.0. The third-order valence-electron chi connectivity index (χ3n) is 2.35.